The first-order valence-corrected chi connectivity index (χ1v) is 8.38. The number of carbonyl (C=O) groups excluding carboxylic acids is 1. The van der Waals surface area contributed by atoms with Crippen LogP contribution in [0.25, 0.3) is 6.08 Å². The molecule has 3 aromatic rings. The minimum Gasteiger partial charge on any atom is -0.342 e. The van der Waals surface area contributed by atoms with Gasteiger partial charge in [-0.25, -0.2) is 0 Å². The van der Waals surface area contributed by atoms with Crippen molar-refractivity contribution in [1.29, 1.82) is 0 Å². The second kappa shape index (κ2) is 8.11. The Labute approximate surface area is 148 Å². The Morgan fingerprint density at radius 3 is 2.12 bits per heavy atom. The number of nitrogens with one attached hydrogen (secondary N) is 1. The van der Waals surface area contributed by atoms with E-state index in [9.17, 15) is 4.79 Å². The Balaban J connectivity index is 1.84. The van der Waals surface area contributed by atoms with Crippen LogP contribution in [0.2, 0.25) is 0 Å². The number of amides is 1. The van der Waals surface area contributed by atoms with E-state index < -0.39 is 0 Å². The highest BCUT2D eigenvalue weighted by atomic mass is 16.1. The van der Waals surface area contributed by atoms with Crippen LogP contribution >= 0.6 is 0 Å². The van der Waals surface area contributed by atoms with Crippen LogP contribution in [-0.2, 0) is 4.79 Å². The van der Waals surface area contributed by atoms with Crippen LogP contribution in [-0.4, -0.2) is 5.91 Å². The van der Waals surface area contributed by atoms with Gasteiger partial charge in [-0.1, -0.05) is 84.9 Å². The molecule has 3 aromatic carbocycles. The predicted molar refractivity (Wildman–Crippen MR) is 103 cm³/mol. The van der Waals surface area contributed by atoms with E-state index in [1.807, 2.05) is 78.9 Å². The number of carbonyl (C=O) groups is 1. The summed E-state index contributed by atoms with van der Waals surface area (Å²) in [6.07, 6.45) is 3.42. The van der Waals surface area contributed by atoms with Crippen LogP contribution in [0.3, 0.4) is 0 Å². The van der Waals surface area contributed by atoms with Crippen LogP contribution in [0.5, 0.6) is 0 Å². The Kier molecular flexibility index (Phi) is 5.43. The summed E-state index contributed by atoms with van der Waals surface area (Å²) in [6, 6.07) is 27.8. The Bertz CT molecular complexity index is 854. The summed E-state index contributed by atoms with van der Waals surface area (Å²) >= 11 is 0. The molecule has 0 aliphatic heterocycles. The molecule has 1 N–H and O–H groups in total. The zero-order valence-electron chi connectivity index (χ0n) is 14.2. The van der Waals surface area contributed by atoms with Crippen molar-refractivity contribution in [3.8, 4) is 0 Å². The maximum absolute atomic E-state index is 12.5. The molecule has 0 spiro atoms. The molecule has 0 aromatic heterocycles. The van der Waals surface area contributed by atoms with E-state index in [1.54, 1.807) is 6.08 Å². The highest BCUT2D eigenvalue weighted by Crippen LogP contribution is 2.24. The normalized spacial score (nSPS) is 12.0. The largest absolute Gasteiger partial charge is 0.342 e. The second-order valence-corrected chi connectivity index (χ2v) is 5.95. The third-order valence-corrected chi connectivity index (χ3v) is 4.15. The van der Waals surface area contributed by atoms with Crippen LogP contribution in [0.1, 0.15) is 28.3 Å². The van der Waals surface area contributed by atoms with Gasteiger partial charge in [-0.2, -0.15) is 0 Å². The molecular formula is C23H21NO. The van der Waals surface area contributed by atoms with Crippen LogP contribution in [0.15, 0.2) is 91.0 Å². The first kappa shape index (κ1) is 16.7. The zero-order chi connectivity index (χ0) is 17.5. The number of hydrogen-bond acceptors (Lipinski definition) is 1. The maximum atomic E-state index is 12.5. The average Bonchev–Trinajstić information content (AvgIpc) is 2.67. The van der Waals surface area contributed by atoms with E-state index in [1.165, 1.54) is 0 Å². The van der Waals surface area contributed by atoms with Gasteiger partial charge in [0.1, 0.15) is 0 Å². The molecule has 0 radical (unpaired) electrons. The number of hydrogen-bond donors (Lipinski definition) is 1. The second-order valence-electron chi connectivity index (χ2n) is 5.95. The van der Waals surface area contributed by atoms with Crippen LogP contribution in [0.4, 0.5) is 0 Å². The van der Waals surface area contributed by atoms with Crippen molar-refractivity contribution in [1.82, 2.24) is 5.32 Å². The predicted octanol–water partition coefficient (Wildman–Crippen LogP) is 4.91. The molecule has 0 unspecified atom stereocenters. The van der Waals surface area contributed by atoms with Gasteiger partial charge in [-0.3, -0.25) is 4.79 Å². The number of rotatable bonds is 5. The lowest BCUT2D eigenvalue weighted by Crippen LogP contribution is -2.28. The van der Waals surface area contributed by atoms with Gasteiger partial charge >= 0.3 is 0 Å². The Hall–Kier alpha value is -3.13. The molecule has 2 nitrogen and oxygen atoms in total. The SMILES string of the molecule is Cc1ccccc1[C@H](NC(=O)/C=C/c1ccccc1)c1ccccc1. The smallest absolute Gasteiger partial charge is 0.244 e. The molecule has 3 rings (SSSR count). The third-order valence-electron chi connectivity index (χ3n) is 4.15. The first-order valence-electron chi connectivity index (χ1n) is 8.38. The van der Waals surface area contributed by atoms with Crippen molar-refractivity contribution in [2.45, 2.75) is 13.0 Å². The Morgan fingerprint density at radius 2 is 1.44 bits per heavy atom. The maximum Gasteiger partial charge on any atom is 0.244 e. The molecule has 0 heterocycles. The zero-order valence-corrected chi connectivity index (χ0v) is 14.2. The molecule has 0 saturated heterocycles. The van der Waals surface area contributed by atoms with E-state index in [0.29, 0.717) is 0 Å². The number of aryl methyl sites for hydroxylation is 1. The summed E-state index contributed by atoms with van der Waals surface area (Å²) in [5.74, 6) is -0.110. The van der Waals surface area contributed by atoms with Gasteiger partial charge in [0.25, 0.3) is 0 Å². The van der Waals surface area contributed by atoms with E-state index >= 15 is 0 Å². The van der Waals surface area contributed by atoms with Crippen molar-refractivity contribution < 1.29 is 4.79 Å². The topological polar surface area (TPSA) is 29.1 Å². The first-order chi connectivity index (χ1) is 12.2. The molecule has 0 aliphatic rings. The molecule has 1 atom stereocenters. The molecule has 0 bridgehead atoms. The molecule has 124 valence electrons. The molecule has 0 saturated carbocycles. The van der Waals surface area contributed by atoms with Crippen molar-refractivity contribution in [2.75, 3.05) is 0 Å². The van der Waals surface area contributed by atoms with E-state index in [2.05, 4.69) is 24.4 Å². The van der Waals surface area contributed by atoms with Crippen molar-refractivity contribution in [2.24, 2.45) is 0 Å². The fourth-order valence-electron chi connectivity index (χ4n) is 2.82. The minimum absolute atomic E-state index is 0.110. The summed E-state index contributed by atoms with van der Waals surface area (Å²) in [6.45, 7) is 2.07. The quantitative estimate of drug-likeness (QED) is 0.663. The molecule has 2 heteroatoms. The fraction of sp³-hybridized carbons (Fsp3) is 0.0870. The average molecular weight is 327 g/mol. The van der Waals surface area contributed by atoms with Crippen molar-refractivity contribution >= 4 is 12.0 Å². The summed E-state index contributed by atoms with van der Waals surface area (Å²) in [5.41, 5.74) is 4.34. The van der Waals surface area contributed by atoms with Crippen molar-refractivity contribution in [3.63, 3.8) is 0 Å². The molecule has 0 aliphatic carbocycles. The highest BCUT2D eigenvalue weighted by molar-refractivity contribution is 5.92. The van der Waals surface area contributed by atoms with Gasteiger partial charge in [0.15, 0.2) is 0 Å². The van der Waals surface area contributed by atoms with E-state index in [4.69, 9.17) is 0 Å². The minimum atomic E-state index is -0.171. The monoisotopic (exact) mass is 327 g/mol. The van der Waals surface area contributed by atoms with Crippen LogP contribution < -0.4 is 5.32 Å². The van der Waals surface area contributed by atoms with Gasteiger partial charge in [0.2, 0.25) is 5.91 Å². The molecule has 25 heavy (non-hydrogen) atoms. The summed E-state index contributed by atoms with van der Waals surface area (Å²) in [5, 5.41) is 3.13. The highest BCUT2D eigenvalue weighted by Gasteiger charge is 2.17. The molecule has 1 amide bonds. The van der Waals surface area contributed by atoms with Crippen molar-refractivity contribution in [3.05, 3.63) is 113 Å². The number of benzene rings is 3. The van der Waals surface area contributed by atoms with Gasteiger partial charge < -0.3 is 5.32 Å². The summed E-state index contributed by atoms with van der Waals surface area (Å²) in [4.78, 5) is 12.5. The fourth-order valence-corrected chi connectivity index (χ4v) is 2.82. The summed E-state index contributed by atoms with van der Waals surface area (Å²) in [7, 11) is 0. The van der Waals surface area contributed by atoms with Gasteiger partial charge in [-0.15, -0.1) is 0 Å². The molecule has 0 fully saturated rings. The van der Waals surface area contributed by atoms with E-state index in [0.717, 1.165) is 22.3 Å². The van der Waals surface area contributed by atoms with Gasteiger partial charge in [0, 0.05) is 6.08 Å². The van der Waals surface area contributed by atoms with E-state index in [-0.39, 0.29) is 11.9 Å². The summed E-state index contributed by atoms with van der Waals surface area (Å²) < 4.78 is 0. The third kappa shape index (κ3) is 4.45. The molecular weight excluding hydrogens is 306 g/mol. The lowest BCUT2D eigenvalue weighted by Gasteiger charge is -2.21. The van der Waals surface area contributed by atoms with Crippen LogP contribution in [0, 0.1) is 6.92 Å². The van der Waals surface area contributed by atoms with Gasteiger partial charge in [-0.05, 0) is 35.3 Å². The Morgan fingerprint density at radius 1 is 0.840 bits per heavy atom. The lowest BCUT2D eigenvalue weighted by molar-refractivity contribution is -0.116. The standard InChI is InChI=1S/C23H21NO/c1-18-10-8-9-15-21(18)23(20-13-6-3-7-14-20)24-22(25)17-16-19-11-4-2-5-12-19/h2-17,23H,1H3,(H,24,25)/b17-16+/t23-/m1/s1. The lowest BCUT2D eigenvalue weighted by atomic mass is 9.95. The van der Waals surface area contributed by atoms with Gasteiger partial charge in [0.05, 0.1) is 6.04 Å².